The van der Waals surface area contributed by atoms with E-state index in [4.69, 9.17) is 0 Å². The van der Waals surface area contributed by atoms with Crippen LogP contribution in [-0.2, 0) is 10.0 Å². The third-order valence-electron chi connectivity index (χ3n) is 1.73. The van der Waals surface area contributed by atoms with Gasteiger partial charge in [-0.1, -0.05) is 22.5 Å². The van der Waals surface area contributed by atoms with Crippen molar-refractivity contribution in [2.45, 2.75) is 11.8 Å². The molecule has 1 aromatic rings. The van der Waals surface area contributed by atoms with E-state index >= 15 is 0 Å². The minimum atomic E-state index is -3.41. The molecule has 0 heterocycles. The first kappa shape index (κ1) is 15.8. The lowest BCUT2D eigenvalue weighted by atomic mass is 10.2. The lowest BCUT2D eigenvalue weighted by Crippen LogP contribution is -3.00. The molecule has 0 atom stereocenters. The Bertz CT molecular complexity index is 435. The largest absolute Gasteiger partial charge is 1.00 e. The molecule has 1 rings (SSSR count). The van der Waals surface area contributed by atoms with Crippen LogP contribution in [-0.4, -0.2) is 34.2 Å². The molecule has 0 aromatic heterocycles. The molecule has 0 saturated heterocycles. The number of rotatable bonds is 3. The van der Waals surface area contributed by atoms with Crippen LogP contribution in [0.15, 0.2) is 29.2 Å². The van der Waals surface area contributed by atoms with E-state index in [0.717, 1.165) is 5.56 Å². The fraction of sp³-hybridized carbons (Fsp3) is 0.400. The fourth-order valence-electron chi connectivity index (χ4n) is 1.13. The van der Waals surface area contributed by atoms with Crippen molar-refractivity contribution in [2.75, 3.05) is 21.1 Å². The summed E-state index contributed by atoms with van der Waals surface area (Å²) in [4.78, 5) is 2.83. The summed E-state index contributed by atoms with van der Waals surface area (Å²) in [6.07, 6.45) is 0. The smallest absolute Gasteiger partial charge is 0.282 e. The standard InChI is InChI=1S/C10H17N2O2S.HI/c1-9-5-7-10(8-6-9)15(13,14)11-12(2,3)4;/h5-8,11H,1-4H3;1H/q+1;/p-1. The SMILES string of the molecule is Cc1ccc(S(=O)(=O)N[N+](C)(C)C)cc1.[I-]. The predicted octanol–water partition coefficient (Wildman–Crippen LogP) is -2.10. The highest BCUT2D eigenvalue weighted by Gasteiger charge is 2.21. The summed E-state index contributed by atoms with van der Waals surface area (Å²) in [5.74, 6) is 0. The zero-order chi connectivity index (χ0) is 11.7. The normalized spacial score (nSPS) is 12.0. The maximum absolute atomic E-state index is 11.8. The summed E-state index contributed by atoms with van der Waals surface area (Å²) < 4.78 is 23.8. The zero-order valence-corrected chi connectivity index (χ0v) is 12.8. The van der Waals surface area contributed by atoms with Gasteiger partial charge in [-0.05, 0) is 19.1 Å². The number of sulfonamides is 1. The van der Waals surface area contributed by atoms with E-state index in [-0.39, 0.29) is 28.6 Å². The third-order valence-corrected chi connectivity index (χ3v) is 3.41. The van der Waals surface area contributed by atoms with Gasteiger partial charge in [0.05, 0.1) is 26.0 Å². The Labute approximate surface area is 114 Å². The lowest BCUT2D eigenvalue weighted by molar-refractivity contribution is -0.900. The van der Waals surface area contributed by atoms with E-state index in [1.807, 2.05) is 6.92 Å². The van der Waals surface area contributed by atoms with Crippen LogP contribution < -0.4 is 28.8 Å². The number of benzene rings is 1. The summed E-state index contributed by atoms with van der Waals surface area (Å²) in [6, 6.07) is 6.77. The molecule has 0 aliphatic rings. The van der Waals surface area contributed by atoms with Crippen molar-refractivity contribution in [1.82, 2.24) is 4.83 Å². The third kappa shape index (κ3) is 4.77. The van der Waals surface area contributed by atoms with Crippen LogP contribution in [0.4, 0.5) is 0 Å². The van der Waals surface area contributed by atoms with Gasteiger partial charge in [-0.3, -0.25) is 0 Å². The number of nitrogens with zero attached hydrogens (tertiary/aromatic N) is 1. The van der Waals surface area contributed by atoms with Crippen LogP contribution in [0.1, 0.15) is 5.56 Å². The molecule has 4 nitrogen and oxygen atoms in total. The van der Waals surface area contributed by atoms with Crippen LogP contribution in [0.25, 0.3) is 0 Å². The molecule has 0 aliphatic carbocycles. The summed E-state index contributed by atoms with van der Waals surface area (Å²) >= 11 is 0. The lowest BCUT2D eigenvalue weighted by Gasteiger charge is -2.23. The van der Waals surface area contributed by atoms with Gasteiger partial charge in [0.25, 0.3) is 10.0 Å². The Kier molecular flexibility index (Phi) is 5.37. The van der Waals surface area contributed by atoms with E-state index in [1.54, 1.807) is 45.4 Å². The maximum Gasteiger partial charge on any atom is 0.282 e. The number of halogens is 1. The quantitative estimate of drug-likeness (QED) is 0.383. The van der Waals surface area contributed by atoms with Crippen molar-refractivity contribution in [1.29, 1.82) is 0 Å². The number of hydrogen-bond donors (Lipinski definition) is 1. The number of quaternary nitrogens is 1. The Morgan fingerprint density at radius 1 is 1.06 bits per heavy atom. The Hall–Kier alpha value is -0.180. The minimum Gasteiger partial charge on any atom is -1.00 e. The molecule has 92 valence electrons. The molecule has 0 unspecified atom stereocenters. The average molecular weight is 356 g/mol. The van der Waals surface area contributed by atoms with Crippen LogP contribution in [0.2, 0.25) is 0 Å². The van der Waals surface area contributed by atoms with Gasteiger partial charge in [-0.2, -0.15) is 0 Å². The molecule has 0 fully saturated rings. The van der Waals surface area contributed by atoms with Crippen molar-refractivity contribution in [3.8, 4) is 0 Å². The van der Waals surface area contributed by atoms with Crippen molar-refractivity contribution in [3.05, 3.63) is 29.8 Å². The maximum atomic E-state index is 11.8. The first-order chi connectivity index (χ1) is 6.71. The topological polar surface area (TPSA) is 46.2 Å². The molecule has 0 bridgehead atoms. The summed E-state index contributed by atoms with van der Waals surface area (Å²) in [5, 5.41) is 0. The summed E-state index contributed by atoms with van der Waals surface area (Å²) in [5.41, 5.74) is 1.04. The monoisotopic (exact) mass is 356 g/mol. The molecule has 0 spiro atoms. The van der Waals surface area contributed by atoms with Crippen molar-refractivity contribution < 1.29 is 37.0 Å². The molecular weight excluding hydrogens is 339 g/mol. The molecule has 1 N–H and O–H groups in total. The molecule has 0 saturated carbocycles. The Balaban J connectivity index is 0.00000225. The van der Waals surface area contributed by atoms with E-state index in [2.05, 4.69) is 4.83 Å². The van der Waals surface area contributed by atoms with E-state index in [0.29, 0.717) is 4.90 Å². The Morgan fingerprint density at radius 3 is 1.88 bits per heavy atom. The number of hydrogen-bond acceptors (Lipinski definition) is 2. The molecule has 6 heteroatoms. The van der Waals surface area contributed by atoms with Crippen LogP contribution >= 0.6 is 0 Å². The van der Waals surface area contributed by atoms with Gasteiger partial charge >= 0.3 is 0 Å². The van der Waals surface area contributed by atoms with Gasteiger partial charge in [-0.15, -0.1) is 0 Å². The van der Waals surface area contributed by atoms with Gasteiger partial charge in [-0.25, -0.2) is 13.0 Å². The van der Waals surface area contributed by atoms with Crippen molar-refractivity contribution >= 4 is 10.0 Å². The first-order valence-electron chi connectivity index (χ1n) is 4.63. The van der Waals surface area contributed by atoms with Gasteiger partial charge in [0, 0.05) is 0 Å². The van der Waals surface area contributed by atoms with Crippen molar-refractivity contribution in [2.24, 2.45) is 0 Å². The molecule has 0 aliphatic heterocycles. The Morgan fingerprint density at radius 2 is 1.50 bits per heavy atom. The summed E-state index contributed by atoms with van der Waals surface area (Å²) in [7, 11) is 1.85. The summed E-state index contributed by atoms with van der Waals surface area (Å²) in [6.45, 7) is 1.92. The minimum absolute atomic E-state index is 0. The highest BCUT2D eigenvalue weighted by Crippen LogP contribution is 2.10. The van der Waals surface area contributed by atoms with Gasteiger partial charge in [0.2, 0.25) is 0 Å². The van der Waals surface area contributed by atoms with Crippen molar-refractivity contribution in [3.63, 3.8) is 0 Å². The second-order valence-corrected chi connectivity index (χ2v) is 6.08. The van der Waals surface area contributed by atoms with E-state index < -0.39 is 10.0 Å². The highest BCUT2D eigenvalue weighted by atomic mass is 127. The van der Waals surface area contributed by atoms with Gasteiger partial charge < -0.3 is 24.0 Å². The van der Waals surface area contributed by atoms with Crippen LogP contribution in [0.3, 0.4) is 0 Å². The number of nitrogens with one attached hydrogen (secondary N) is 1. The molecular formula is C10H17IN2O2S. The zero-order valence-electron chi connectivity index (χ0n) is 9.86. The second kappa shape index (κ2) is 5.44. The van der Waals surface area contributed by atoms with Gasteiger partial charge in [0.15, 0.2) is 0 Å². The average Bonchev–Trinajstić information content (AvgIpc) is 2.00. The molecule has 16 heavy (non-hydrogen) atoms. The second-order valence-electron chi connectivity index (χ2n) is 4.42. The fourth-order valence-corrected chi connectivity index (χ4v) is 2.45. The van der Waals surface area contributed by atoms with E-state index in [1.165, 1.54) is 0 Å². The number of aryl methyl sites for hydroxylation is 1. The predicted molar refractivity (Wildman–Crippen MR) is 59.5 cm³/mol. The van der Waals surface area contributed by atoms with Gasteiger partial charge in [0.1, 0.15) is 0 Å². The molecule has 0 amide bonds. The van der Waals surface area contributed by atoms with Crippen LogP contribution in [0, 0.1) is 6.92 Å². The molecule has 0 radical (unpaired) electrons. The highest BCUT2D eigenvalue weighted by molar-refractivity contribution is 7.89. The van der Waals surface area contributed by atoms with E-state index in [9.17, 15) is 8.42 Å². The first-order valence-corrected chi connectivity index (χ1v) is 6.11. The molecule has 1 aromatic carbocycles. The van der Waals surface area contributed by atoms with Crippen LogP contribution in [0.5, 0.6) is 0 Å².